The summed E-state index contributed by atoms with van der Waals surface area (Å²) in [5, 5.41) is 7.69. The molecule has 1 heterocycles. The summed E-state index contributed by atoms with van der Waals surface area (Å²) in [4.78, 5) is 14.8. The Labute approximate surface area is 88.4 Å². The van der Waals surface area contributed by atoms with Gasteiger partial charge in [-0.1, -0.05) is 0 Å². The molecule has 1 atom stereocenters. The summed E-state index contributed by atoms with van der Waals surface area (Å²) in [6.45, 7) is 1.24. The van der Waals surface area contributed by atoms with Gasteiger partial charge in [-0.05, 0) is 6.92 Å². The minimum atomic E-state index is -4.33. The molecule has 0 aromatic carbocycles. The van der Waals surface area contributed by atoms with E-state index in [1.54, 1.807) is 0 Å². The second kappa shape index (κ2) is 4.37. The molecule has 1 unspecified atom stereocenters. The fourth-order valence-corrected chi connectivity index (χ4v) is 1.07. The predicted molar refractivity (Wildman–Crippen MR) is 48.4 cm³/mol. The maximum absolute atomic E-state index is 12.0. The van der Waals surface area contributed by atoms with Gasteiger partial charge in [-0.15, -0.1) is 5.10 Å². The maximum Gasteiger partial charge on any atom is 0.391 e. The molecule has 0 spiro atoms. The quantitative estimate of drug-likeness (QED) is 0.711. The van der Waals surface area contributed by atoms with E-state index in [-0.39, 0.29) is 11.8 Å². The maximum atomic E-state index is 12.0. The number of halogens is 3. The van der Waals surface area contributed by atoms with Crippen LogP contribution in [-0.2, 0) is 0 Å². The molecule has 1 rings (SSSR count). The first kappa shape index (κ1) is 12.3. The van der Waals surface area contributed by atoms with Gasteiger partial charge in [0.25, 0.3) is 5.91 Å². The Morgan fingerprint density at radius 1 is 1.62 bits per heavy atom. The number of anilines is 1. The van der Waals surface area contributed by atoms with E-state index in [4.69, 9.17) is 5.73 Å². The van der Waals surface area contributed by atoms with E-state index in [9.17, 15) is 18.0 Å². The number of amides is 1. The van der Waals surface area contributed by atoms with E-state index in [0.29, 0.717) is 0 Å². The Kier molecular flexibility index (Phi) is 3.35. The van der Waals surface area contributed by atoms with E-state index in [0.717, 1.165) is 0 Å². The minimum Gasteiger partial charge on any atom is -0.366 e. The molecule has 0 aliphatic rings. The van der Waals surface area contributed by atoms with Gasteiger partial charge >= 0.3 is 6.18 Å². The smallest absolute Gasteiger partial charge is 0.366 e. The van der Waals surface area contributed by atoms with Gasteiger partial charge in [-0.2, -0.15) is 18.2 Å². The molecule has 9 heteroatoms. The Bertz CT molecular complexity index is 374. The third-order valence-corrected chi connectivity index (χ3v) is 1.63. The van der Waals surface area contributed by atoms with Crippen molar-refractivity contribution >= 4 is 11.9 Å². The third-order valence-electron chi connectivity index (χ3n) is 1.63. The Morgan fingerprint density at radius 3 is 2.69 bits per heavy atom. The van der Waals surface area contributed by atoms with E-state index < -0.39 is 24.5 Å². The number of alkyl halides is 3. The van der Waals surface area contributed by atoms with Gasteiger partial charge in [0.1, 0.15) is 0 Å². The number of rotatable bonds is 3. The van der Waals surface area contributed by atoms with Crippen molar-refractivity contribution in [2.24, 2.45) is 0 Å². The van der Waals surface area contributed by atoms with Crippen LogP contribution in [0, 0.1) is 0 Å². The van der Waals surface area contributed by atoms with Crippen molar-refractivity contribution in [3.63, 3.8) is 0 Å². The van der Waals surface area contributed by atoms with Crippen LogP contribution in [0.3, 0.4) is 0 Å². The molecule has 16 heavy (non-hydrogen) atoms. The van der Waals surface area contributed by atoms with Crippen LogP contribution in [0.25, 0.3) is 0 Å². The first-order valence-corrected chi connectivity index (χ1v) is 4.33. The van der Waals surface area contributed by atoms with Gasteiger partial charge in [0.2, 0.25) is 11.8 Å². The van der Waals surface area contributed by atoms with E-state index >= 15 is 0 Å². The van der Waals surface area contributed by atoms with Gasteiger partial charge in [0.15, 0.2) is 0 Å². The number of nitrogens with two attached hydrogens (primary N) is 1. The molecule has 1 aromatic heterocycles. The predicted octanol–water partition coefficient (Wildman–Crippen LogP) is 0.458. The van der Waals surface area contributed by atoms with Gasteiger partial charge in [0, 0.05) is 6.04 Å². The molecule has 0 saturated heterocycles. The highest BCUT2D eigenvalue weighted by Gasteiger charge is 2.30. The van der Waals surface area contributed by atoms with Crippen molar-refractivity contribution in [1.82, 2.24) is 20.5 Å². The molecular formula is C7H10F3N5O. The fraction of sp³-hybridized carbons (Fsp3) is 0.571. The van der Waals surface area contributed by atoms with Gasteiger partial charge in [0.05, 0.1) is 6.42 Å². The van der Waals surface area contributed by atoms with E-state index in [2.05, 4.69) is 20.5 Å². The van der Waals surface area contributed by atoms with E-state index in [1.165, 1.54) is 6.92 Å². The summed E-state index contributed by atoms with van der Waals surface area (Å²) < 4.78 is 35.9. The average molecular weight is 237 g/mol. The molecule has 1 aromatic rings. The molecule has 6 nitrogen and oxygen atoms in total. The van der Waals surface area contributed by atoms with Gasteiger partial charge in [-0.25, -0.2) is 0 Å². The molecular weight excluding hydrogens is 227 g/mol. The molecule has 0 bridgehead atoms. The second-order valence-electron chi connectivity index (χ2n) is 3.24. The van der Waals surface area contributed by atoms with Crippen molar-refractivity contribution in [1.29, 1.82) is 0 Å². The Morgan fingerprint density at radius 2 is 2.25 bits per heavy atom. The highest BCUT2D eigenvalue weighted by molar-refractivity contribution is 5.90. The van der Waals surface area contributed by atoms with Crippen LogP contribution in [0.2, 0.25) is 0 Å². The number of carbonyl (C=O) groups is 1. The summed E-state index contributed by atoms with van der Waals surface area (Å²) in [5.74, 6) is -1.14. The topological polar surface area (TPSA) is 96.7 Å². The monoisotopic (exact) mass is 237 g/mol. The summed E-state index contributed by atoms with van der Waals surface area (Å²) in [7, 11) is 0. The number of H-pyrrole nitrogens is 1. The lowest BCUT2D eigenvalue weighted by Gasteiger charge is -2.14. The fourth-order valence-electron chi connectivity index (χ4n) is 1.07. The number of hydrogen-bond donors (Lipinski definition) is 3. The zero-order chi connectivity index (χ0) is 12.3. The third kappa shape index (κ3) is 3.75. The van der Waals surface area contributed by atoms with Crippen molar-refractivity contribution < 1.29 is 18.0 Å². The largest absolute Gasteiger partial charge is 0.391 e. The van der Waals surface area contributed by atoms with Crippen LogP contribution < -0.4 is 11.1 Å². The van der Waals surface area contributed by atoms with Crippen LogP contribution in [0.15, 0.2) is 0 Å². The molecule has 1 amide bonds. The van der Waals surface area contributed by atoms with Crippen LogP contribution in [0.4, 0.5) is 19.1 Å². The SMILES string of the molecule is CC(CC(F)(F)F)NC(=O)c1nc(N)n[nH]1. The summed E-state index contributed by atoms with van der Waals surface area (Å²) in [6.07, 6.45) is -5.44. The number of hydrogen-bond acceptors (Lipinski definition) is 4. The molecule has 0 aliphatic carbocycles. The lowest BCUT2D eigenvalue weighted by molar-refractivity contribution is -0.138. The number of nitrogen functional groups attached to an aromatic ring is 1. The first-order chi connectivity index (χ1) is 7.28. The van der Waals surface area contributed by atoms with Crippen molar-refractivity contribution in [3.05, 3.63) is 5.82 Å². The molecule has 0 fully saturated rings. The number of nitrogens with one attached hydrogen (secondary N) is 2. The van der Waals surface area contributed by atoms with Crippen molar-refractivity contribution in [3.8, 4) is 0 Å². The molecule has 0 radical (unpaired) electrons. The normalized spacial score (nSPS) is 13.5. The van der Waals surface area contributed by atoms with Crippen molar-refractivity contribution in [2.75, 3.05) is 5.73 Å². The summed E-state index contributed by atoms with van der Waals surface area (Å²) in [6, 6.07) is -1.04. The molecule has 0 saturated carbocycles. The van der Waals surface area contributed by atoms with Gasteiger partial charge < -0.3 is 11.1 Å². The highest BCUT2D eigenvalue weighted by Crippen LogP contribution is 2.21. The summed E-state index contributed by atoms with van der Waals surface area (Å²) >= 11 is 0. The zero-order valence-corrected chi connectivity index (χ0v) is 8.30. The lowest BCUT2D eigenvalue weighted by atomic mass is 10.2. The van der Waals surface area contributed by atoms with Crippen LogP contribution in [-0.4, -0.2) is 33.3 Å². The standard InChI is InChI=1S/C7H10F3N5O/c1-3(2-7(8,9)10)12-5(16)4-13-6(11)15-14-4/h3H,2H2,1H3,(H,12,16)(H3,11,13,14,15). The minimum absolute atomic E-state index is 0.145. The number of aromatic amines is 1. The van der Waals surface area contributed by atoms with Crippen LogP contribution in [0.5, 0.6) is 0 Å². The highest BCUT2D eigenvalue weighted by atomic mass is 19.4. The average Bonchev–Trinajstić information content (AvgIpc) is 2.47. The molecule has 4 N–H and O–H groups in total. The van der Waals surface area contributed by atoms with E-state index in [1.807, 2.05) is 0 Å². The van der Waals surface area contributed by atoms with Crippen molar-refractivity contribution in [2.45, 2.75) is 25.6 Å². The second-order valence-corrected chi connectivity index (χ2v) is 3.24. The Hall–Kier alpha value is -1.80. The lowest BCUT2D eigenvalue weighted by Crippen LogP contribution is -2.36. The number of aromatic nitrogens is 3. The first-order valence-electron chi connectivity index (χ1n) is 4.33. The number of carbonyl (C=O) groups excluding carboxylic acids is 1. The number of nitrogens with zero attached hydrogens (tertiary/aromatic N) is 2. The van der Waals surface area contributed by atoms with Crippen LogP contribution in [0.1, 0.15) is 24.0 Å². The molecule has 0 aliphatic heterocycles. The summed E-state index contributed by atoms with van der Waals surface area (Å²) in [5.41, 5.74) is 5.14. The van der Waals surface area contributed by atoms with Gasteiger partial charge in [-0.3, -0.25) is 9.89 Å². The van der Waals surface area contributed by atoms with Crippen LogP contribution >= 0.6 is 0 Å². The Balaban J connectivity index is 2.52. The molecule has 90 valence electrons. The zero-order valence-electron chi connectivity index (χ0n) is 8.30.